The number of hydrogen-bond donors (Lipinski definition) is 2. The Morgan fingerprint density at radius 2 is 1.89 bits per heavy atom. The highest BCUT2D eigenvalue weighted by Crippen LogP contribution is 2.23. The maximum atomic E-state index is 10.3. The SMILES string of the molecule is OC(c1ccccc1)c1nc2ccc(Br)cc2[nH]1. The lowest BCUT2D eigenvalue weighted by Gasteiger charge is -2.06. The molecule has 90 valence electrons. The first kappa shape index (κ1) is 11.4. The number of benzene rings is 2. The van der Waals surface area contributed by atoms with Crippen LogP contribution in [0.5, 0.6) is 0 Å². The average Bonchev–Trinajstić information content (AvgIpc) is 2.81. The first-order valence-corrected chi connectivity index (χ1v) is 6.41. The van der Waals surface area contributed by atoms with E-state index in [2.05, 4.69) is 25.9 Å². The maximum absolute atomic E-state index is 10.3. The molecule has 18 heavy (non-hydrogen) atoms. The molecule has 3 aromatic rings. The molecule has 0 saturated heterocycles. The monoisotopic (exact) mass is 302 g/mol. The number of aromatic amines is 1. The molecule has 2 aromatic carbocycles. The van der Waals surface area contributed by atoms with Crippen molar-refractivity contribution in [2.75, 3.05) is 0 Å². The number of imidazole rings is 1. The van der Waals surface area contributed by atoms with Gasteiger partial charge in [0.05, 0.1) is 11.0 Å². The summed E-state index contributed by atoms with van der Waals surface area (Å²) in [5.74, 6) is 0.564. The molecular formula is C14H11BrN2O. The lowest BCUT2D eigenvalue weighted by atomic mass is 10.1. The van der Waals surface area contributed by atoms with Gasteiger partial charge in [0.15, 0.2) is 0 Å². The van der Waals surface area contributed by atoms with Crippen molar-refractivity contribution in [2.45, 2.75) is 6.10 Å². The first-order chi connectivity index (χ1) is 8.74. The lowest BCUT2D eigenvalue weighted by Crippen LogP contribution is -2.01. The van der Waals surface area contributed by atoms with Crippen LogP contribution in [0.2, 0.25) is 0 Å². The fourth-order valence-electron chi connectivity index (χ4n) is 1.92. The van der Waals surface area contributed by atoms with E-state index in [-0.39, 0.29) is 0 Å². The van der Waals surface area contributed by atoms with Crippen LogP contribution in [-0.4, -0.2) is 15.1 Å². The van der Waals surface area contributed by atoms with Crippen molar-refractivity contribution in [1.82, 2.24) is 9.97 Å². The minimum Gasteiger partial charge on any atom is -0.380 e. The predicted molar refractivity (Wildman–Crippen MR) is 74.3 cm³/mol. The summed E-state index contributed by atoms with van der Waals surface area (Å²) in [6.45, 7) is 0. The average molecular weight is 303 g/mol. The smallest absolute Gasteiger partial charge is 0.140 e. The van der Waals surface area contributed by atoms with Crippen LogP contribution in [0.3, 0.4) is 0 Å². The number of aliphatic hydroxyl groups is 1. The van der Waals surface area contributed by atoms with Gasteiger partial charge in [-0.15, -0.1) is 0 Å². The van der Waals surface area contributed by atoms with Gasteiger partial charge in [0.1, 0.15) is 11.9 Å². The van der Waals surface area contributed by atoms with E-state index >= 15 is 0 Å². The summed E-state index contributed by atoms with van der Waals surface area (Å²) in [6, 6.07) is 15.3. The molecule has 0 fully saturated rings. The van der Waals surface area contributed by atoms with Crippen LogP contribution in [0, 0.1) is 0 Å². The van der Waals surface area contributed by atoms with Crippen molar-refractivity contribution in [2.24, 2.45) is 0 Å². The first-order valence-electron chi connectivity index (χ1n) is 5.62. The van der Waals surface area contributed by atoms with Crippen molar-refractivity contribution < 1.29 is 5.11 Å². The van der Waals surface area contributed by atoms with Gasteiger partial charge >= 0.3 is 0 Å². The number of fused-ring (bicyclic) bond motifs is 1. The molecule has 0 aliphatic carbocycles. The van der Waals surface area contributed by atoms with Crippen LogP contribution in [0.15, 0.2) is 53.0 Å². The number of rotatable bonds is 2. The predicted octanol–water partition coefficient (Wildman–Crippen LogP) is 3.41. The van der Waals surface area contributed by atoms with Crippen LogP contribution in [0.25, 0.3) is 11.0 Å². The van der Waals surface area contributed by atoms with Crippen molar-refractivity contribution in [3.8, 4) is 0 Å². The third-order valence-corrected chi connectivity index (χ3v) is 3.33. The number of aliphatic hydroxyl groups excluding tert-OH is 1. The van der Waals surface area contributed by atoms with E-state index < -0.39 is 6.10 Å². The Balaban J connectivity index is 2.04. The number of nitrogens with one attached hydrogen (secondary N) is 1. The quantitative estimate of drug-likeness (QED) is 0.762. The third-order valence-electron chi connectivity index (χ3n) is 2.84. The summed E-state index contributed by atoms with van der Waals surface area (Å²) in [4.78, 5) is 7.55. The summed E-state index contributed by atoms with van der Waals surface area (Å²) < 4.78 is 0.986. The maximum Gasteiger partial charge on any atom is 0.140 e. The second-order valence-corrected chi connectivity index (χ2v) is 5.01. The minimum atomic E-state index is -0.725. The molecular weight excluding hydrogens is 292 g/mol. The molecule has 0 radical (unpaired) electrons. The minimum absolute atomic E-state index is 0.564. The van der Waals surface area contributed by atoms with Gasteiger partial charge in [0.2, 0.25) is 0 Å². The highest BCUT2D eigenvalue weighted by atomic mass is 79.9. The standard InChI is InChI=1S/C14H11BrN2O/c15-10-6-7-11-12(8-10)17-14(16-11)13(18)9-4-2-1-3-5-9/h1-8,13,18H,(H,16,17). The zero-order valence-electron chi connectivity index (χ0n) is 9.47. The molecule has 3 rings (SSSR count). The van der Waals surface area contributed by atoms with Gasteiger partial charge < -0.3 is 10.1 Å². The van der Waals surface area contributed by atoms with Crippen LogP contribution >= 0.6 is 15.9 Å². The van der Waals surface area contributed by atoms with Crippen molar-refractivity contribution in [3.63, 3.8) is 0 Å². The van der Waals surface area contributed by atoms with Gasteiger partial charge in [0, 0.05) is 4.47 Å². The van der Waals surface area contributed by atoms with E-state index in [4.69, 9.17) is 0 Å². The van der Waals surface area contributed by atoms with Gasteiger partial charge in [0.25, 0.3) is 0 Å². The van der Waals surface area contributed by atoms with Crippen LogP contribution < -0.4 is 0 Å². The second-order valence-electron chi connectivity index (χ2n) is 4.10. The van der Waals surface area contributed by atoms with Gasteiger partial charge in [-0.05, 0) is 23.8 Å². The largest absolute Gasteiger partial charge is 0.380 e. The van der Waals surface area contributed by atoms with E-state index in [1.54, 1.807) is 0 Å². The zero-order chi connectivity index (χ0) is 12.5. The number of aromatic nitrogens is 2. The van der Waals surface area contributed by atoms with Gasteiger partial charge in [-0.25, -0.2) is 4.98 Å². The molecule has 1 aromatic heterocycles. The van der Waals surface area contributed by atoms with E-state index in [1.165, 1.54) is 0 Å². The molecule has 2 N–H and O–H groups in total. The van der Waals surface area contributed by atoms with Gasteiger partial charge in [-0.3, -0.25) is 0 Å². The van der Waals surface area contributed by atoms with Crippen LogP contribution in [-0.2, 0) is 0 Å². The normalized spacial score (nSPS) is 12.8. The molecule has 0 aliphatic rings. The van der Waals surface area contributed by atoms with E-state index in [0.29, 0.717) is 5.82 Å². The molecule has 0 saturated carbocycles. The topological polar surface area (TPSA) is 48.9 Å². The Bertz CT molecular complexity index is 679. The van der Waals surface area contributed by atoms with Crippen LogP contribution in [0.1, 0.15) is 17.5 Å². The molecule has 1 atom stereocenters. The molecule has 0 aliphatic heterocycles. The molecule has 1 heterocycles. The number of nitrogens with zero attached hydrogens (tertiary/aromatic N) is 1. The molecule has 4 heteroatoms. The molecule has 0 bridgehead atoms. The Hall–Kier alpha value is -1.65. The number of hydrogen-bond acceptors (Lipinski definition) is 2. The summed E-state index contributed by atoms with van der Waals surface area (Å²) in [6.07, 6.45) is -0.725. The highest BCUT2D eigenvalue weighted by molar-refractivity contribution is 9.10. The molecule has 0 amide bonds. The zero-order valence-corrected chi connectivity index (χ0v) is 11.1. The highest BCUT2D eigenvalue weighted by Gasteiger charge is 2.14. The molecule has 3 nitrogen and oxygen atoms in total. The Kier molecular flexibility index (Phi) is 2.89. The Labute approximate surface area is 113 Å². The van der Waals surface area contributed by atoms with Crippen molar-refractivity contribution in [3.05, 3.63) is 64.4 Å². The van der Waals surface area contributed by atoms with Gasteiger partial charge in [-0.2, -0.15) is 0 Å². The summed E-state index contributed by atoms with van der Waals surface area (Å²) in [5.41, 5.74) is 2.59. The third kappa shape index (κ3) is 2.05. The van der Waals surface area contributed by atoms with Crippen LogP contribution in [0.4, 0.5) is 0 Å². The molecule has 0 spiro atoms. The number of H-pyrrole nitrogens is 1. The van der Waals surface area contributed by atoms with Crippen molar-refractivity contribution >= 4 is 27.0 Å². The van der Waals surface area contributed by atoms with Gasteiger partial charge in [-0.1, -0.05) is 46.3 Å². The summed E-state index contributed by atoms with van der Waals surface area (Å²) in [5, 5.41) is 10.3. The second kappa shape index (κ2) is 4.55. The Morgan fingerprint density at radius 3 is 2.67 bits per heavy atom. The van der Waals surface area contributed by atoms with E-state index in [9.17, 15) is 5.11 Å². The van der Waals surface area contributed by atoms with E-state index in [0.717, 1.165) is 21.1 Å². The lowest BCUT2D eigenvalue weighted by molar-refractivity contribution is 0.211. The Morgan fingerprint density at radius 1 is 1.11 bits per heavy atom. The summed E-state index contributed by atoms with van der Waals surface area (Å²) in [7, 11) is 0. The van der Waals surface area contributed by atoms with Crippen molar-refractivity contribution in [1.29, 1.82) is 0 Å². The fourth-order valence-corrected chi connectivity index (χ4v) is 2.29. The number of halogens is 1. The fraction of sp³-hybridized carbons (Fsp3) is 0.0714. The molecule has 1 unspecified atom stereocenters. The van der Waals surface area contributed by atoms with E-state index in [1.807, 2.05) is 48.5 Å². The summed E-state index contributed by atoms with van der Waals surface area (Å²) >= 11 is 3.41.